The van der Waals surface area contributed by atoms with Gasteiger partial charge in [-0.3, -0.25) is 4.79 Å². The molecule has 0 unspecified atom stereocenters. The minimum absolute atomic E-state index is 0.0221. The van der Waals surface area contributed by atoms with Gasteiger partial charge in [-0.15, -0.1) is 0 Å². The average molecular weight is 550 g/mol. The maximum Gasteiger partial charge on any atom is 0.309 e. The molecule has 0 aliphatic heterocycles. The maximum absolute atomic E-state index is 12.2. The van der Waals surface area contributed by atoms with Crippen LogP contribution in [0, 0.1) is 25.7 Å². The van der Waals surface area contributed by atoms with Crippen LogP contribution in [0.3, 0.4) is 0 Å². The molecule has 0 N–H and O–H groups in total. The zero-order valence-corrected chi connectivity index (χ0v) is 23.7. The zero-order chi connectivity index (χ0) is 27.7. The second-order valence-electron chi connectivity index (χ2n) is 10.6. The predicted octanol–water partition coefficient (Wildman–Crippen LogP) is 5.21. The van der Waals surface area contributed by atoms with E-state index in [0.717, 1.165) is 40.1 Å². The summed E-state index contributed by atoms with van der Waals surface area (Å²) in [5.74, 6) is 2.06. The Kier molecular flexibility index (Phi) is 7.67. The van der Waals surface area contributed by atoms with Crippen LogP contribution >= 0.6 is 0 Å². The quantitative estimate of drug-likeness (QED) is 0.240. The summed E-state index contributed by atoms with van der Waals surface area (Å²) in [6.45, 7) is 7.01. The normalized spacial score (nSPS) is 19.2. The van der Waals surface area contributed by atoms with E-state index in [1.807, 2.05) is 45.0 Å². The van der Waals surface area contributed by atoms with Crippen molar-refractivity contribution in [1.82, 2.24) is 4.98 Å². The summed E-state index contributed by atoms with van der Waals surface area (Å²) in [5.41, 5.74) is 7.58. The molecule has 0 radical (unpaired) electrons. The first-order valence-corrected chi connectivity index (χ1v) is 15.5. The summed E-state index contributed by atoms with van der Waals surface area (Å²) in [7, 11) is -3.00. The lowest BCUT2D eigenvalue weighted by Crippen LogP contribution is -2.11. The van der Waals surface area contributed by atoms with Gasteiger partial charge >= 0.3 is 5.97 Å². The van der Waals surface area contributed by atoms with Gasteiger partial charge in [-0.1, -0.05) is 24.3 Å². The van der Waals surface area contributed by atoms with Crippen LogP contribution in [0.1, 0.15) is 47.2 Å². The Hall–Kier alpha value is -3.39. The molecule has 0 spiro atoms. The van der Waals surface area contributed by atoms with Gasteiger partial charge in [0.15, 0.2) is 0 Å². The molecule has 206 valence electrons. The molecule has 1 heterocycles. The summed E-state index contributed by atoms with van der Waals surface area (Å²) in [6.07, 6.45) is 2.56. The number of benzene rings is 2. The third-order valence-electron chi connectivity index (χ3n) is 7.56. The largest absolute Gasteiger partial charge is 0.489 e. The minimum Gasteiger partial charge on any atom is -0.489 e. The number of hydrogen-bond donors (Lipinski definition) is 0. The topological polar surface area (TPSA) is 91.8 Å². The van der Waals surface area contributed by atoms with Crippen molar-refractivity contribution in [1.29, 1.82) is 0 Å². The van der Waals surface area contributed by atoms with Crippen molar-refractivity contribution in [3.05, 3.63) is 76.5 Å². The molecule has 0 saturated heterocycles. The fourth-order valence-corrected chi connectivity index (χ4v) is 6.47. The van der Waals surface area contributed by atoms with Gasteiger partial charge in [-0.25, -0.2) is 13.4 Å². The molecule has 39 heavy (non-hydrogen) atoms. The summed E-state index contributed by atoms with van der Waals surface area (Å²) >= 11 is 0. The van der Waals surface area contributed by atoms with Crippen LogP contribution < -0.4 is 9.47 Å². The highest BCUT2D eigenvalue weighted by Crippen LogP contribution is 2.62. The number of aromatic nitrogens is 1. The fraction of sp³-hybridized carbons (Fsp3) is 0.419. The van der Waals surface area contributed by atoms with Crippen LogP contribution in [0.4, 0.5) is 0 Å². The van der Waals surface area contributed by atoms with E-state index >= 15 is 0 Å². The monoisotopic (exact) mass is 549 g/mol. The van der Waals surface area contributed by atoms with Crippen molar-refractivity contribution < 1.29 is 27.4 Å². The third kappa shape index (κ3) is 6.11. The van der Waals surface area contributed by atoms with E-state index in [1.54, 1.807) is 0 Å². The number of pyridine rings is 1. The summed E-state index contributed by atoms with van der Waals surface area (Å²) in [4.78, 5) is 16.8. The van der Waals surface area contributed by atoms with Gasteiger partial charge in [0.25, 0.3) is 0 Å². The van der Waals surface area contributed by atoms with Gasteiger partial charge in [-0.2, -0.15) is 0 Å². The molecular weight excluding hydrogens is 514 g/mol. The number of esters is 1. The average Bonchev–Trinajstić information content (AvgIpc) is 3.46. The van der Waals surface area contributed by atoms with Gasteiger partial charge < -0.3 is 14.2 Å². The Morgan fingerprint density at radius 2 is 1.90 bits per heavy atom. The van der Waals surface area contributed by atoms with Crippen molar-refractivity contribution in [2.24, 2.45) is 11.8 Å². The molecule has 2 aromatic carbocycles. The number of fused-ring (bicyclic) bond motifs is 3. The molecule has 2 aliphatic rings. The van der Waals surface area contributed by atoms with E-state index < -0.39 is 9.84 Å². The molecule has 0 bridgehead atoms. The smallest absolute Gasteiger partial charge is 0.309 e. The number of aryl methyl sites for hydroxylation is 2. The maximum atomic E-state index is 12.2. The molecule has 7 nitrogen and oxygen atoms in total. The Balaban J connectivity index is 1.22. The first-order chi connectivity index (χ1) is 18.6. The van der Waals surface area contributed by atoms with E-state index in [0.29, 0.717) is 44.0 Å². The zero-order valence-electron chi connectivity index (χ0n) is 22.9. The van der Waals surface area contributed by atoms with Crippen molar-refractivity contribution in [2.75, 3.05) is 25.2 Å². The lowest BCUT2D eigenvalue weighted by atomic mass is 9.98. The molecule has 5 rings (SSSR count). The lowest BCUT2D eigenvalue weighted by molar-refractivity contribution is -0.145. The molecule has 8 heteroatoms. The van der Waals surface area contributed by atoms with Crippen LogP contribution in [0.5, 0.6) is 11.6 Å². The summed E-state index contributed by atoms with van der Waals surface area (Å²) < 4.78 is 39.7. The van der Waals surface area contributed by atoms with Crippen LogP contribution in [0.2, 0.25) is 0 Å². The molecule has 0 amide bonds. The van der Waals surface area contributed by atoms with Gasteiger partial charge in [-0.05, 0) is 85.5 Å². The van der Waals surface area contributed by atoms with Crippen LogP contribution in [0.25, 0.3) is 11.1 Å². The second-order valence-corrected chi connectivity index (χ2v) is 12.9. The van der Waals surface area contributed by atoms with Crippen molar-refractivity contribution in [3.8, 4) is 22.8 Å². The highest BCUT2D eigenvalue weighted by molar-refractivity contribution is 7.90. The third-order valence-corrected chi connectivity index (χ3v) is 8.59. The number of rotatable bonds is 11. The number of sulfone groups is 1. The van der Waals surface area contributed by atoms with E-state index in [2.05, 4.69) is 29.2 Å². The number of hydrogen-bond acceptors (Lipinski definition) is 7. The predicted molar refractivity (Wildman–Crippen MR) is 150 cm³/mol. The Bertz CT molecular complexity index is 1480. The van der Waals surface area contributed by atoms with Gasteiger partial charge in [0.05, 0.1) is 24.9 Å². The van der Waals surface area contributed by atoms with E-state index in [4.69, 9.17) is 14.2 Å². The SMILES string of the molecule is CCOC(=O)[C@H]1[C@@H]2Cc3cc(OCc4cccc(-c5c(C)cc(OCCCS(C)(=O)=O)nc5C)c4)ccc3[C@@H]21. The molecule has 3 atom stereocenters. The van der Waals surface area contributed by atoms with Crippen LogP contribution in [-0.2, 0) is 32.4 Å². The van der Waals surface area contributed by atoms with E-state index in [-0.39, 0.29) is 17.6 Å². The number of carbonyl (C=O) groups excluding carboxylic acids is 1. The van der Waals surface area contributed by atoms with Gasteiger partial charge in [0.2, 0.25) is 5.88 Å². The van der Waals surface area contributed by atoms with Crippen LogP contribution in [-0.4, -0.2) is 44.6 Å². The minimum atomic E-state index is -3.00. The highest BCUT2D eigenvalue weighted by Gasteiger charge is 2.60. The lowest BCUT2D eigenvalue weighted by Gasteiger charge is -2.14. The molecule has 1 saturated carbocycles. The Morgan fingerprint density at radius 1 is 1.08 bits per heavy atom. The molecule has 2 aliphatic carbocycles. The molecule has 1 fully saturated rings. The number of carbonyl (C=O) groups is 1. The Morgan fingerprint density at radius 3 is 2.64 bits per heavy atom. The van der Waals surface area contributed by atoms with Gasteiger partial charge in [0, 0.05) is 29.5 Å². The van der Waals surface area contributed by atoms with E-state index in [9.17, 15) is 13.2 Å². The molecular formula is C31H35NO6S. The van der Waals surface area contributed by atoms with Crippen molar-refractivity contribution >= 4 is 15.8 Å². The first kappa shape index (κ1) is 27.2. The summed E-state index contributed by atoms with van der Waals surface area (Å²) in [5, 5.41) is 0. The molecule has 3 aromatic rings. The van der Waals surface area contributed by atoms with Crippen molar-refractivity contribution in [3.63, 3.8) is 0 Å². The van der Waals surface area contributed by atoms with Gasteiger partial charge in [0.1, 0.15) is 22.2 Å². The first-order valence-electron chi connectivity index (χ1n) is 13.4. The number of ether oxygens (including phenoxy) is 3. The fourth-order valence-electron chi connectivity index (χ4n) is 5.83. The second kappa shape index (κ2) is 11.0. The summed E-state index contributed by atoms with van der Waals surface area (Å²) in [6, 6.07) is 16.4. The Labute approximate surface area is 230 Å². The number of nitrogens with zero attached hydrogens (tertiary/aromatic N) is 1. The highest BCUT2D eigenvalue weighted by atomic mass is 32.2. The van der Waals surface area contributed by atoms with Crippen LogP contribution in [0.15, 0.2) is 48.5 Å². The molecule has 1 aromatic heterocycles. The standard InChI is InChI=1S/C31H35NO6S/c1-5-36-31(33)30-26-17-23-16-24(10-11-25(23)29(26)30)38-18-21-8-6-9-22(15-21)28-19(2)14-27(32-20(28)3)37-12-7-13-39(4,34)35/h6,8-11,14-16,26,29-30H,5,7,12-13,17-18H2,1-4H3/t26-,29+,30+/m1/s1. The van der Waals surface area contributed by atoms with Crippen molar-refractivity contribution in [2.45, 2.75) is 46.1 Å². The van der Waals surface area contributed by atoms with E-state index in [1.165, 1.54) is 17.4 Å².